The maximum atomic E-state index is 12.3. The summed E-state index contributed by atoms with van der Waals surface area (Å²) in [4.78, 5) is 36.1. The third-order valence-corrected chi connectivity index (χ3v) is 4.47. The van der Waals surface area contributed by atoms with Crippen LogP contribution in [0.15, 0.2) is 57.7 Å². The molecule has 0 aliphatic heterocycles. The van der Waals surface area contributed by atoms with E-state index in [0.29, 0.717) is 40.2 Å². The molecule has 7 nitrogen and oxygen atoms in total. The number of hydrogen-bond donors (Lipinski definition) is 0. The van der Waals surface area contributed by atoms with E-state index in [-0.39, 0.29) is 25.2 Å². The van der Waals surface area contributed by atoms with Crippen LogP contribution in [-0.2, 0) is 16.1 Å². The van der Waals surface area contributed by atoms with Gasteiger partial charge < -0.3 is 18.6 Å². The second kappa shape index (κ2) is 9.73. The van der Waals surface area contributed by atoms with E-state index in [2.05, 4.69) is 0 Å². The molecule has 0 radical (unpaired) electrons. The number of esters is 1. The van der Waals surface area contributed by atoms with Crippen LogP contribution in [0.2, 0.25) is 0 Å². The quantitative estimate of drug-likeness (QED) is 0.300. The normalized spacial score (nSPS) is 10.6. The van der Waals surface area contributed by atoms with Crippen LogP contribution in [0.4, 0.5) is 0 Å². The summed E-state index contributed by atoms with van der Waals surface area (Å²) < 4.78 is 20.9. The number of ether oxygens (including phenoxy) is 3. The summed E-state index contributed by atoms with van der Waals surface area (Å²) in [6, 6.07) is 13.1. The van der Waals surface area contributed by atoms with Crippen molar-refractivity contribution in [2.24, 2.45) is 0 Å². The largest absolute Gasteiger partial charge is 0.497 e. The van der Waals surface area contributed by atoms with Gasteiger partial charge in [0.25, 0.3) is 0 Å². The molecule has 0 spiro atoms. The Kier molecular flexibility index (Phi) is 6.85. The third kappa shape index (κ3) is 5.26. The molecule has 0 aliphatic carbocycles. The molecule has 3 rings (SSSR count). The van der Waals surface area contributed by atoms with Gasteiger partial charge in [0.05, 0.1) is 20.1 Å². The fourth-order valence-corrected chi connectivity index (χ4v) is 2.95. The van der Waals surface area contributed by atoms with E-state index in [1.54, 1.807) is 42.5 Å². The van der Waals surface area contributed by atoms with Crippen LogP contribution in [-0.4, -0.2) is 25.5 Å². The zero-order valence-electron chi connectivity index (χ0n) is 16.8. The fourth-order valence-electron chi connectivity index (χ4n) is 2.95. The first-order valence-corrected chi connectivity index (χ1v) is 9.52. The van der Waals surface area contributed by atoms with Crippen LogP contribution in [0.3, 0.4) is 0 Å². The fraction of sp³-hybridized carbons (Fsp3) is 0.261. The molecular weight excluding hydrogens is 388 g/mol. The molecule has 0 aliphatic rings. The number of benzene rings is 2. The van der Waals surface area contributed by atoms with Gasteiger partial charge in [0.2, 0.25) is 0 Å². The van der Waals surface area contributed by atoms with Gasteiger partial charge in [0, 0.05) is 35.1 Å². The Morgan fingerprint density at radius 1 is 0.967 bits per heavy atom. The van der Waals surface area contributed by atoms with Gasteiger partial charge in [-0.25, -0.2) is 4.79 Å². The average molecular weight is 410 g/mol. The second-order valence-electron chi connectivity index (χ2n) is 6.49. The maximum absolute atomic E-state index is 12.3. The van der Waals surface area contributed by atoms with Crippen LogP contribution >= 0.6 is 0 Å². The van der Waals surface area contributed by atoms with Crippen molar-refractivity contribution in [1.82, 2.24) is 0 Å². The van der Waals surface area contributed by atoms with Gasteiger partial charge in [-0.1, -0.05) is 0 Å². The monoisotopic (exact) mass is 410 g/mol. The second-order valence-corrected chi connectivity index (χ2v) is 6.49. The molecule has 7 heteroatoms. The van der Waals surface area contributed by atoms with Crippen molar-refractivity contribution in [2.75, 3.05) is 13.7 Å². The topological polar surface area (TPSA) is 92.0 Å². The number of rotatable bonds is 9. The van der Waals surface area contributed by atoms with Gasteiger partial charge in [-0.3, -0.25) is 9.59 Å². The molecule has 0 fully saturated rings. The molecule has 2 aromatic carbocycles. The van der Waals surface area contributed by atoms with E-state index in [1.807, 2.05) is 6.92 Å². The van der Waals surface area contributed by atoms with E-state index in [4.69, 9.17) is 18.6 Å². The Morgan fingerprint density at radius 3 is 2.40 bits per heavy atom. The standard InChI is InChI=1S/C23H22O7/c1-3-28-17-6-4-15(5-7-17)20(24)10-11-22(25)29-14-16-12-23(26)30-21-13-18(27-2)8-9-19(16)21/h4-9,12-13H,3,10-11,14H2,1-2H3. The van der Waals surface area contributed by atoms with Crippen molar-refractivity contribution >= 4 is 22.7 Å². The highest BCUT2D eigenvalue weighted by atomic mass is 16.5. The lowest BCUT2D eigenvalue weighted by Gasteiger charge is -2.08. The van der Waals surface area contributed by atoms with Crippen molar-refractivity contribution in [3.05, 3.63) is 70.1 Å². The van der Waals surface area contributed by atoms with Gasteiger partial charge in [-0.05, 0) is 43.3 Å². The number of carbonyl (C=O) groups excluding carboxylic acids is 2. The van der Waals surface area contributed by atoms with Crippen molar-refractivity contribution in [3.8, 4) is 11.5 Å². The van der Waals surface area contributed by atoms with Gasteiger partial charge >= 0.3 is 11.6 Å². The lowest BCUT2D eigenvalue weighted by Crippen LogP contribution is -2.10. The number of carbonyl (C=O) groups is 2. The Balaban J connectivity index is 1.58. The van der Waals surface area contributed by atoms with Gasteiger partial charge in [0.1, 0.15) is 23.7 Å². The molecule has 0 atom stereocenters. The van der Waals surface area contributed by atoms with Crippen LogP contribution in [0.1, 0.15) is 35.7 Å². The van der Waals surface area contributed by atoms with Gasteiger partial charge in [-0.2, -0.15) is 0 Å². The summed E-state index contributed by atoms with van der Waals surface area (Å²) >= 11 is 0. The molecule has 0 N–H and O–H groups in total. The molecule has 0 unspecified atom stereocenters. The molecule has 156 valence electrons. The van der Waals surface area contributed by atoms with Crippen molar-refractivity contribution in [1.29, 1.82) is 0 Å². The van der Waals surface area contributed by atoms with E-state index >= 15 is 0 Å². The molecule has 1 aromatic heterocycles. The van der Waals surface area contributed by atoms with Crippen molar-refractivity contribution in [2.45, 2.75) is 26.4 Å². The predicted octanol–water partition coefficient (Wildman–Crippen LogP) is 3.91. The SMILES string of the molecule is CCOc1ccc(C(=O)CCC(=O)OCc2cc(=O)oc3cc(OC)ccc23)cc1. The van der Waals surface area contributed by atoms with E-state index in [9.17, 15) is 14.4 Å². The lowest BCUT2D eigenvalue weighted by molar-refractivity contribution is -0.144. The van der Waals surface area contributed by atoms with E-state index in [1.165, 1.54) is 13.2 Å². The zero-order chi connectivity index (χ0) is 21.5. The van der Waals surface area contributed by atoms with Crippen molar-refractivity contribution < 1.29 is 28.2 Å². The predicted molar refractivity (Wildman–Crippen MR) is 110 cm³/mol. The smallest absolute Gasteiger partial charge is 0.336 e. The Hall–Kier alpha value is -3.61. The minimum Gasteiger partial charge on any atom is -0.497 e. The zero-order valence-corrected chi connectivity index (χ0v) is 16.8. The Morgan fingerprint density at radius 2 is 1.70 bits per heavy atom. The first kappa shape index (κ1) is 21.1. The molecule has 1 heterocycles. The molecular formula is C23H22O7. The summed E-state index contributed by atoms with van der Waals surface area (Å²) in [6.45, 7) is 2.34. The number of Topliss-reactive ketones (excluding diaryl/α,β-unsaturated/α-hetero) is 1. The summed E-state index contributed by atoms with van der Waals surface area (Å²) in [6.07, 6.45) is -0.0269. The summed E-state index contributed by atoms with van der Waals surface area (Å²) in [5.41, 5.74) is 0.827. The van der Waals surface area contributed by atoms with Gasteiger partial charge in [-0.15, -0.1) is 0 Å². The number of methoxy groups -OCH3 is 1. The summed E-state index contributed by atoms with van der Waals surface area (Å²) in [5, 5.41) is 0.647. The lowest BCUT2D eigenvalue weighted by atomic mass is 10.1. The molecule has 3 aromatic rings. The molecule has 0 amide bonds. The van der Waals surface area contributed by atoms with Crippen LogP contribution < -0.4 is 15.1 Å². The van der Waals surface area contributed by atoms with Crippen LogP contribution in [0.5, 0.6) is 11.5 Å². The Bertz CT molecular complexity index is 1100. The minimum absolute atomic E-state index is 0.0295. The van der Waals surface area contributed by atoms with E-state index in [0.717, 1.165) is 0 Å². The van der Waals surface area contributed by atoms with Crippen LogP contribution in [0.25, 0.3) is 11.0 Å². The molecule has 0 bridgehead atoms. The maximum Gasteiger partial charge on any atom is 0.336 e. The highest BCUT2D eigenvalue weighted by Crippen LogP contribution is 2.23. The number of ketones is 1. The average Bonchev–Trinajstić information content (AvgIpc) is 2.75. The molecule has 30 heavy (non-hydrogen) atoms. The minimum atomic E-state index is -0.549. The first-order chi connectivity index (χ1) is 14.5. The summed E-state index contributed by atoms with van der Waals surface area (Å²) in [7, 11) is 1.51. The van der Waals surface area contributed by atoms with E-state index < -0.39 is 11.6 Å². The Labute approximate surface area is 173 Å². The highest BCUT2D eigenvalue weighted by molar-refractivity contribution is 5.97. The van der Waals surface area contributed by atoms with Crippen molar-refractivity contribution in [3.63, 3.8) is 0 Å². The summed E-state index contributed by atoms with van der Waals surface area (Å²) in [5.74, 6) is 0.551. The first-order valence-electron chi connectivity index (χ1n) is 9.52. The third-order valence-electron chi connectivity index (χ3n) is 4.47. The highest BCUT2D eigenvalue weighted by Gasteiger charge is 2.13. The van der Waals surface area contributed by atoms with Gasteiger partial charge in [0.15, 0.2) is 5.78 Å². The molecule has 0 saturated heterocycles. The van der Waals surface area contributed by atoms with Crippen LogP contribution in [0, 0.1) is 0 Å². The number of fused-ring (bicyclic) bond motifs is 1. The number of hydrogen-bond acceptors (Lipinski definition) is 7. The molecule has 0 saturated carbocycles.